The number of amides is 1. The Balaban J connectivity index is 1.88. The molecule has 16 heavy (non-hydrogen) atoms. The summed E-state index contributed by atoms with van der Waals surface area (Å²) >= 11 is 0. The normalized spacial score (nSPS) is 27.6. The number of ether oxygens (including phenoxy) is 1. The Labute approximate surface area is 95.0 Å². The summed E-state index contributed by atoms with van der Waals surface area (Å²) in [6.45, 7) is 0.877. The maximum absolute atomic E-state index is 12.0. The molecule has 84 valence electrons. The molecule has 3 fully saturated rings. The molecular weight excluding hydrogens is 202 g/mol. The van der Waals surface area contributed by atoms with Gasteiger partial charge in [-0.1, -0.05) is 6.07 Å². The molecule has 4 rings (SSSR count). The quantitative estimate of drug-likeness (QED) is 0.759. The van der Waals surface area contributed by atoms with Gasteiger partial charge in [0.05, 0.1) is 7.11 Å². The summed E-state index contributed by atoms with van der Waals surface area (Å²) in [6.07, 6.45) is 2.19. The average molecular weight is 217 g/mol. The minimum absolute atomic E-state index is 0.282. The van der Waals surface area contributed by atoms with E-state index >= 15 is 0 Å². The van der Waals surface area contributed by atoms with Crippen LogP contribution in [-0.4, -0.2) is 19.6 Å². The number of carbonyl (C=O) groups excluding carboxylic acids is 1. The van der Waals surface area contributed by atoms with Crippen LogP contribution in [0, 0.1) is 11.8 Å². The van der Waals surface area contributed by atoms with Crippen LogP contribution >= 0.6 is 0 Å². The van der Waals surface area contributed by atoms with Gasteiger partial charge >= 0.3 is 0 Å². The van der Waals surface area contributed by atoms with Crippen molar-refractivity contribution in [3.8, 4) is 5.75 Å². The highest BCUT2D eigenvalue weighted by atomic mass is 16.5. The first-order valence-corrected chi connectivity index (χ1v) is 5.73. The standard InChI is InChI=1S/C13H15NO2/c1-16-12-4-2-3-11(7-12)14-8-9-5-10(6-9)13(14)15/h2-4,7,9-10H,5-6,8H2,1H3. The van der Waals surface area contributed by atoms with Crippen LogP contribution in [0.25, 0.3) is 0 Å². The number of benzene rings is 1. The SMILES string of the molecule is COc1cccc(N2CC3CC(C3)C2=O)c1. The van der Waals surface area contributed by atoms with Crippen LogP contribution in [0.4, 0.5) is 5.69 Å². The topological polar surface area (TPSA) is 29.5 Å². The van der Waals surface area contributed by atoms with Crippen LogP contribution in [0.1, 0.15) is 12.8 Å². The van der Waals surface area contributed by atoms with E-state index in [-0.39, 0.29) is 11.8 Å². The van der Waals surface area contributed by atoms with Gasteiger partial charge in [-0.2, -0.15) is 0 Å². The van der Waals surface area contributed by atoms with E-state index in [1.807, 2.05) is 29.2 Å². The van der Waals surface area contributed by atoms with Gasteiger partial charge < -0.3 is 9.64 Å². The Morgan fingerprint density at radius 1 is 1.38 bits per heavy atom. The molecule has 0 atom stereocenters. The maximum Gasteiger partial charge on any atom is 0.230 e. The lowest BCUT2D eigenvalue weighted by atomic mass is 9.70. The zero-order valence-corrected chi connectivity index (χ0v) is 9.35. The number of nitrogens with zero attached hydrogens (tertiary/aromatic N) is 1. The number of hydrogen-bond donors (Lipinski definition) is 0. The van der Waals surface area contributed by atoms with E-state index < -0.39 is 0 Å². The zero-order valence-electron chi connectivity index (χ0n) is 9.35. The van der Waals surface area contributed by atoms with E-state index in [0.29, 0.717) is 5.92 Å². The lowest BCUT2D eigenvalue weighted by Crippen LogP contribution is -2.53. The van der Waals surface area contributed by atoms with E-state index in [1.54, 1.807) is 7.11 Å². The summed E-state index contributed by atoms with van der Waals surface area (Å²) in [6, 6.07) is 7.74. The molecule has 2 heterocycles. The Kier molecular flexibility index (Phi) is 2.13. The predicted molar refractivity (Wildman–Crippen MR) is 61.6 cm³/mol. The van der Waals surface area contributed by atoms with Crippen molar-refractivity contribution < 1.29 is 9.53 Å². The number of methoxy groups -OCH3 is 1. The van der Waals surface area contributed by atoms with Crippen LogP contribution < -0.4 is 9.64 Å². The number of anilines is 1. The van der Waals surface area contributed by atoms with Crippen molar-refractivity contribution in [1.82, 2.24) is 0 Å². The Hall–Kier alpha value is -1.51. The van der Waals surface area contributed by atoms with Gasteiger partial charge in [0.2, 0.25) is 5.91 Å². The smallest absolute Gasteiger partial charge is 0.230 e. The van der Waals surface area contributed by atoms with Gasteiger partial charge in [0.15, 0.2) is 0 Å². The van der Waals surface area contributed by atoms with Crippen LogP contribution in [0.15, 0.2) is 24.3 Å². The molecule has 0 aromatic heterocycles. The number of hydrogen-bond acceptors (Lipinski definition) is 2. The number of piperidine rings is 2. The third-order valence-corrected chi connectivity index (χ3v) is 3.66. The Morgan fingerprint density at radius 3 is 2.88 bits per heavy atom. The van der Waals surface area contributed by atoms with Crippen molar-refractivity contribution in [2.45, 2.75) is 12.8 Å². The van der Waals surface area contributed by atoms with Gasteiger partial charge in [0.1, 0.15) is 5.75 Å². The van der Waals surface area contributed by atoms with Crippen molar-refractivity contribution in [3.05, 3.63) is 24.3 Å². The molecule has 2 bridgehead atoms. The van der Waals surface area contributed by atoms with E-state index in [4.69, 9.17) is 4.74 Å². The fraction of sp³-hybridized carbons (Fsp3) is 0.462. The van der Waals surface area contributed by atoms with E-state index in [1.165, 1.54) is 0 Å². The van der Waals surface area contributed by atoms with E-state index in [2.05, 4.69) is 0 Å². The summed E-state index contributed by atoms with van der Waals surface area (Å²) in [5.41, 5.74) is 0.971. The molecule has 1 aromatic carbocycles. The molecule has 0 unspecified atom stereocenters. The number of fused-ring (bicyclic) bond motifs is 2. The lowest BCUT2D eigenvalue weighted by molar-refractivity contribution is -0.129. The second-order valence-corrected chi connectivity index (χ2v) is 4.68. The number of rotatable bonds is 2. The highest BCUT2D eigenvalue weighted by molar-refractivity contribution is 5.97. The maximum atomic E-state index is 12.0. The minimum atomic E-state index is 0.282. The molecule has 2 aliphatic heterocycles. The van der Waals surface area contributed by atoms with Gasteiger partial charge in [-0.3, -0.25) is 4.79 Å². The summed E-state index contributed by atoms with van der Waals surface area (Å²) in [5, 5.41) is 0. The van der Waals surface area contributed by atoms with Crippen LogP contribution in [-0.2, 0) is 4.79 Å². The highest BCUT2D eigenvalue weighted by Crippen LogP contribution is 2.42. The zero-order chi connectivity index (χ0) is 11.1. The molecule has 3 nitrogen and oxygen atoms in total. The van der Waals surface area contributed by atoms with Crippen molar-refractivity contribution in [1.29, 1.82) is 0 Å². The van der Waals surface area contributed by atoms with E-state index in [0.717, 1.165) is 30.8 Å². The highest BCUT2D eigenvalue weighted by Gasteiger charge is 2.43. The Morgan fingerprint density at radius 2 is 2.19 bits per heavy atom. The molecule has 3 aliphatic rings. The first-order chi connectivity index (χ1) is 7.78. The average Bonchev–Trinajstić information content (AvgIpc) is 2.28. The van der Waals surface area contributed by atoms with Crippen molar-refractivity contribution in [2.75, 3.05) is 18.6 Å². The molecule has 1 amide bonds. The van der Waals surface area contributed by atoms with Gasteiger partial charge in [0.25, 0.3) is 0 Å². The Bertz CT molecular complexity index is 424. The first-order valence-electron chi connectivity index (χ1n) is 5.73. The fourth-order valence-electron chi connectivity index (χ4n) is 2.67. The second kappa shape index (κ2) is 3.51. The fourth-order valence-corrected chi connectivity index (χ4v) is 2.67. The van der Waals surface area contributed by atoms with E-state index in [9.17, 15) is 4.79 Å². The van der Waals surface area contributed by atoms with Gasteiger partial charge in [-0.05, 0) is 30.9 Å². The monoisotopic (exact) mass is 217 g/mol. The largest absolute Gasteiger partial charge is 0.497 e. The van der Waals surface area contributed by atoms with Crippen LogP contribution in [0.3, 0.4) is 0 Å². The van der Waals surface area contributed by atoms with Crippen molar-refractivity contribution >= 4 is 11.6 Å². The second-order valence-electron chi connectivity index (χ2n) is 4.68. The third-order valence-electron chi connectivity index (χ3n) is 3.66. The first kappa shape index (κ1) is 9.70. The summed E-state index contributed by atoms with van der Waals surface area (Å²) in [7, 11) is 1.65. The molecule has 1 aliphatic carbocycles. The van der Waals surface area contributed by atoms with Gasteiger partial charge in [-0.15, -0.1) is 0 Å². The molecule has 0 spiro atoms. The van der Waals surface area contributed by atoms with Crippen LogP contribution in [0.5, 0.6) is 5.75 Å². The molecule has 0 radical (unpaired) electrons. The molecule has 1 saturated carbocycles. The minimum Gasteiger partial charge on any atom is -0.497 e. The third kappa shape index (κ3) is 1.39. The summed E-state index contributed by atoms with van der Waals surface area (Å²) in [5.74, 6) is 2.10. The molecular formula is C13H15NO2. The van der Waals surface area contributed by atoms with Gasteiger partial charge in [-0.25, -0.2) is 0 Å². The predicted octanol–water partition coefficient (Wildman–Crippen LogP) is 2.07. The van der Waals surface area contributed by atoms with Gasteiger partial charge in [0, 0.05) is 24.2 Å². The molecule has 2 saturated heterocycles. The molecule has 0 N–H and O–H groups in total. The molecule has 1 aromatic rings. The van der Waals surface area contributed by atoms with Crippen LogP contribution in [0.2, 0.25) is 0 Å². The summed E-state index contributed by atoms with van der Waals surface area (Å²) < 4.78 is 5.18. The van der Waals surface area contributed by atoms with Crippen molar-refractivity contribution in [3.63, 3.8) is 0 Å². The molecule has 3 heteroatoms. The lowest BCUT2D eigenvalue weighted by Gasteiger charge is -2.46. The van der Waals surface area contributed by atoms with Crippen molar-refractivity contribution in [2.24, 2.45) is 11.8 Å². The number of carbonyl (C=O) groups is 1. The summed E-state index contributed by atoms with van der Waals surface area (Å²) in [4.78, 5) is 14.0.